The first-order valence-electron chi connectivity index (χ1n) is 4.84. The molecule has 0 aliphatic carbocycles. The molecule has 0 aliphatic rings. The van der Waals surface area contributed by atoms with E-state index >= 15 is 0 Å². The lowest BCUT2D eigenvalue weighted by atomic mass is 10.3. The number of hydrogen-bond donors (Lipinski definition) is 0. The van der Waals surface area contributed by atoms with E-state index in [1.54, 1.807) is 14.2 Å². The Morgan fingerprint density at radius 1 is 0.846 bits per heavy atom. The second kappa shape index (κ2) is 8.48. The van der Waals surface area contributed by atoms with E-state index in [0.717, 1.165) is 26.1 Å². The smallest absolute Gasteiger partial charge is 0.0565 e. The summed E-state index contributed by atoms with van der Waals surface area (Å²) in [5.74, 6) is 0. The maximum absolute atomic E-state index is 5.42. The van der Waals surface area contributed by atoms with Crippen LogP contribution in [-0.4, -0.2) is 39.6 Å². The van der Waals surface area contributed by atoms with Gasteiger partial charge in [0.1, 0.15) is 0 Å². The average molecular weight is 190 g/mol. The normalized spacial score (nSPS) is 15.7. The van der Waals surface area contributed by atoms with Crippen LogP contribution in [0.1, 0.15) is 26.7 Å². The van der Waals surface area contributed by atoms with Crippen LogP contribution in [-0.2, 0) is 14.2 Å². The van der Waals surface area contributed by atoms with Gasteiger partial charge in [0.2, 0.25) is 0 Å². The van der Waals surface area contributed by atoms with Gasteiger partial charge in [-0.05, 0) is 26.7 Å². The minimum atomic E-state index is 0.292. The van der Waals surface area contributed by atoms with E-state index < -0.39 is 0 Å². The zero-order valence-corrected chi connectivity index (χ0v) is 9.21. The Kier molecular flexibility index (Phi) is 8.40. The highest BCUT2D eigenvalue weighted by atomic mass is 16.5. The van der Waals surface area contributed by atoms with E-state index in [1.165, 1.54) is 0 Å². The molecule has 3 nitrogen and oxygen atoms in total. The van der Waals surface area contributed by atoms with Crippen LogP contribution in [0.15, 0.2) is 0 Å². The van der Waals surface area contributed by atoms with Crippen LogP contribution in [0.3, 0.4) is 0 Å². The third-order valence-electron chi connectivity index (χ3n) is 2.14. The van der Waals surface area contributed by atoms with Gasteiger partial charge in [-0.15, -0.1) is 0 Å². The monoisotopic (exact) mass is 190 g/mol. The molecule has 0 aromatic heterocycles. The molecule has 0 bridgehead atoms. The first-order valence-corrected chi connectivity index (χ1v) is 4.84. The van der Waals surface area contributed by atoms with Crippen LogP contribution in [0.4, 0.5) is 0 Å². The summed E-state index contributed by atoms with van der Waals surface area (Å²) in [6.07, 6.45) is 2.50. The summed E-state index contributed by atoms with van der Waals surface area (Å²) in [4.78, 5) is 0. The molecule has 0 saturated heterocycles. The van der Waals surface area contributed by atoms with Gasteiger partial charge in [-0.1, -0.05) is 0 Å². The number of hydrogen-bond acceptors (Lipinski definition) is 3. The quantitative estimate of drug-likeness (QED) is 0.547. The summed E-state index contributed by atoms with van der Waals surface area (Å²) in [6, 6.07) is 0. The molecule has 2 atom stereocenters. The molecule has 0 aromatic rings. The molecule has 0 amide bonds. The summed E-state index contributed by atoms with van der Waals surface area (Å²) in [5, 5.41) is 0. The Morgan fingerprint density at radius 2 is 1.23 bits per heavy atom. The standard InChI is InChI=1S/C10H22O3/c1-9(11-3)5-7-13-8-6-10(2)12-4/h9-10H,5-8H2,1-4H3. The number of ether oxygens (including phenoxy) is 3. The van der Waals surface area contributed by atoms with E-state index in [-0.39, 0.29) is 0 Å². The van der Waals surface area contributed by atoms with Gasteiger partial charge in [-0.3, -0.25) is 0 Å². The molecule has 13 heavy (non-hydrogen) atoms. The van der Waals surface area contributed by atoms with Gasteiger partial charge in [0.15, 0.2) is 0 Å². The van der Waals surface area contributed by atoms with Crippen LogP contribution in [0, 0.1) is 0 Å². The van der Waals surface area contributed by atoms with Crippen molar-refractivity contribution >= 4 is 0 Å². The molecule has 3 heteroatoms. The maximum Gasteiger partial charge on any atom is 0.0565 e. The minimum absolute atomic E-state index is 0.292. The predicted octanol–water partition coefficient (Wildman–Crippen LogP) is 1.85. The molecule has 0 N–H and O–H groups in total. The molecule has 0 aliphatic heterocycles. The summed E-state index contributed by atoms with van der Waals surface area (Å²) in [7, 11) is 3.44. The van der Waals surface area contributed by atoms with Crippen LogP contribution in [0.5, 0.6) is 0 Å². The fourth-order valence-electron chi connectivity index (χ4n) is 0.836. The highest BCUT2D eigenvalue weighted by molar-refractivity contribution is 4.50. The number of rotatable bonds is 8. The third-order valence-corrected chi connectivity index (χ3v) is 2.14. The Labute approximate surface area is 81.4 Å². The molecule has 0 saturated carbocycles. The lowest BCUT2D eigenvalue weighted by molar-refractivity contribution is 0.0385. The third kappa shape index (κ3) is 8.22. The van der Waals surface area contributed by atoms with E-state index in [1.807, 2.05) is 13.8 Å². The molecule has 0 fully saturated rings. The van der Waals surface area contributed by atoms with Crippen molar-refractivity contribution in [3.05, 3.63) is 0 Å². The molecular formula is C10H22O3. The fraction of sp³-hybridized carbons (Fsp3) is 1.00. The summed E-state index contributed by atoms with van der Waals surface area (Å²) >= 11 is 0. The predicted molar refractivity (Wildman–Crippen MR) is 53.0 cm³/mol. The Balaban J connectivity index is 3.08. The second-order valence-corrected chi connectivity index (χ2v) is 3.28. The first kappa shape index (κ1) is 12.9. The van der Waals surface area contributed by atoms with Crippen LogP contribution >= 0.6 is 0 Å². The average Bonchev–Trinajstić information content (AvgIpc) is 2.16. The SMILES string of the molecule is COC(C)CCOCCC(C)OC. The lowest BCUT2D eigenvalue weighted by Crippen LogP contribution is -2.12. The molecular weight excluding hydrogens is 168 g/mol. The van der Waals surface area contributed by atoms with Crippen molar-refractivity contribution in [3.8, 4) is 0 Å². The van der Waals surface area contributed by atoms with Gasteiger partial charge in [-0.2, -0.15) is 0 Å². The number of methoxy groups -OCH3 is 2. The van der Waals surface area contributed by atoms with Crippen LogP contribution < -0.4 is 0 Å². The molecule has 80 valence electrons. The van der Waals surface area contributed by atoms with E-state index in [0.29, 0.717) is 12.2 Å². The van der Waals surface area contributed by atoms with Gasteiger partial charge in [0, 0.05) is 27.4 Å². The Hall–Kier alpha value is -0.120. The van der Waals surface area contributed by atoms with E-state index in [4.69, 9.17) is 14.2 Å². The highest BCUT2D eigenvalue weighted by Gasteiger charge is 2.00. The summed E-state index contributed by atoms with van der Waals surface area (Å²) < 4.78 is 15.6. The zero-order chi connectivity index (χ0) is 10.1. The van der Waals surface area contributed by atoms with E-state index in [9.17, 15) is 0 Å². The van der Waals surface area contributed by atoms with Crippen molar-refractivity contribution in [2.24, 2.45) is 0 Å². The van der Waals surface area contributed by atoms with Gasteiger partial charge in [0.05, 0.1) is 12.2 Å². The minimum Gasteiger partial charge on any atom is -0.382 e. The van der Waals surface area contributed by atoms with Gasteiger partial charge >= 0.3 is 0 Å². The summed E-state index contributed by atoms with van der Waals surface area (Å²) in [5.41, 5.74) is 0. The van der Waals surface area contributed by atoms with Crippen molar-refractivity contribution in [1.29, 1.82) is 0 Å². The first-order chi connectivity index (χ1) is 6.20. The molecule has 2 unspecified atom stereocenters. The fourth-order valence-corrected chi connectivity index (χ4v) is 0.836. The second-order valence-electron chi connectivity index (χ2n) is 3.28. The Bertz CT molecular complexity index is 94.3. The van der Waals surface area contributed by atoms with Crippen molar-refractivity contribution in [2.75, 3.05) is 27.4 Å². The highest BCUT2D eigenvalue weighted by Crippen LogP contribution is 1.98. The molecule has 0 spiro atoms. The van der Waals surface area contributed by atoms with Gasteiger partial charge < -0.3 is 14.2 Å². The molecule has 0 aromatic carbocycles. The van der Waals surface area contributed by atoms with Crippen molar-refractivity contribution in [3.63, 3.8) is 0 Å². The Morgan fingerprint density at radius 3 is 1.54 bits per heavy atom. The van der Waals surface area contributed by atoms with Crippen LogP contribution in [0.25, 0.3) is 0 Å². The van der Waals surface area contributed by atoms with E-state index in [2.05, 4.69) is 0 Å². The van der Waals surface area contributed by atoms with Crippen molar-refractivity contribution < 1.29 is 14.2 Å². The van der Waals surface area contributed by atoms with Gasteiger partial charge in [-0.25, -0.2) is 0 Å². The van der Waals surface area contributed by atoms with Gasteiger partial charge in [0.25, 0.3) is 0 Å². The molecule has 0 radical (unpaired) electrons. The topological polar surface area (TPSA) is 27.7 Å². The van der Waals surface area contributed by atoms with Crippen molar-refractivity contribution in [1.82, 2.24) is 0 Å². The summed E-state index contributed by atoms with van der Waals surface area (Å²) in [6.45, 7) is 5.62. The largest absolute Gasteiger partial charge is 0.382 e. The zero-order valence-electron chi connectivity index (χ0n) is 9.21. The lowest BCUT2D eigenvalue weighted by Gasteiger charge is -2.11. The van der Waals surface area contributed by atoms with Crippen LogP contribution in [0.2, 0.25) is 0 Å². The molecule has 0 rings (SSSR count). The maximum atomic E-state index is 5.42. The van der Waals surface area contributed by atoms with Crippen molar-refractivity contribution in [2.45, 2.75) is 38.9 Å². The molecule has 0 heterocycles.